The summed E-state index contributed by atoms with van der Waals surface area (Å²) in [6, 6.07) is 8.85. The molecule has 2 fully saturated rings. The Morgan fingerprint density at radius 3 is 2.69 bits per heavy atom. The summed E-state index contributed by atoms with van der Waals surface area (Å²) in [6.07, 6.45) is 3.05. The average molecular weight is 562 g/mol. The molecule has 2 aromatic heterocycles. The van der Waals surface area contributed by atoms with E-state index in [2.05, 4.69) is 37.0 Å². The van der Waals surface area contributed by atoms with E-state index in [0.29, 0.717) is 17.7 Å². The number of phosphoric acid groups is 1. The highest BCUT2D eigenvalue weighted by Crippen LogP contribution is 2.46. The average Bonchev–Trinajstić information content (AvgIpc) is 3.62. The smallest absolute Gasteiger partial charge is 0.320 e. The molecule has 2 aliphatic heterocycles. The SMILES string of the molecule is CCCCCCNC(=O)Nc1ncnc2c1ncn2[C@@H]1O[C@H](COP(=O)([O-])O)C2OC(c3ccccc3)O[C@@H]21. The van der Waals surface area contributed by atoms with Crippen LogP contribution >= 0.6 is 7.82 Å². The van der Waals surface area contributed by atoms with Crippen LogP contribution in [0.25, 0.3) is 11.2 Å². The summed E-state index contributed by atoms with van der Waals surface area (Å²) in [5, 5.41) is 5.52. The van der Waals surface area contributed by atoms with Crippen molar-refractivity contribution < 1.29 is 37.9 Å². The van der Waals surface area contributed by atoms with Gasteiger partial charge in [0, 0.05) is 12.1 Å². The van der Waals surface area contributed by atoms with E-state index in [-0.39, 0.29) is 5.82 Å². The van der Waals surface area contributed by atoms with Gasteiger partial charge in [-0.3, -0.25) is 14.4 Å². The summed E-state index contributed by atoms with van der Waals surface area (Å²) in [7, 11) is -4.99. The molecule has 0 spiro atoms. The van der Waals surface area contributed by atoms with Crippen molar-refractivity contribution in [3.05, 3.63) is 48.5 Å². The third kappa shape index (κ3) is 6.44. The van der Waals surface area contributed by atoms with Gasteiger partial charge >= 0.3 is 6.03 Å². The molecule has 2 aliphatic rings. The molecule has 2 saturated heterocycles. The van der Waals surface area contributed by atoms with Crippen molar-refractivity contribution in [2.24, 2.45) is 0 Å². The first-order chi connectivity index (χ1) is 18.8. The first kappa shape index (κ1) is 27.6. The second-order valence-electron chi connectivity index (χ2n) is 9.26. The van der Waals surface area contributed by atoms with Crippen LogP contribution in [0.4, 0.5) is 10.6 Å². The Balaban J connectivity index is 1.35. The van der Waals surface area contributed by atoms with Gasteiger partial charge in [-0.15, -0.1) is 0 Å². The number of rotatable bonds is 11. The maximum absolute atomic E-state index is 12.4. The highest BCUT2D eigenvalue weighted by Gasteiger charge is 2.54. The van der Waals surface area contributed by atoms with Crippen LogP contribution in [-0.2, 0) is 23.3 Å². The van der Waals surface area contributed by atoms with Gasteiger partial charge in [0.15, 0.2) is 29.5 Å². The number of amides is 2. The molecule has 3 N–H and O–H groups in total. The lowest BCUT2D eigenvalue weighted by Gasteiger charge is -2.23. The zero-order valence-corrected chi connectivity index (χ0v) is 22.1. The molecule has 4 heterocycles. The van der Waals surface area contributed by atoms with E-state index in [1.54, 1.807) is 4.57 Å². The summed E-state index contributed by atoms with van der Waals surface area (Å²) in [6.45, 7) is 2.19. The fourth-order valence-electron chi connectivity index (χ4n) is 4.66. The minimum Gasteiger partial charge on any atom is -0.756 e. The van der Waals surface area contributed by atoms with Crippen molar-refractivity contribution >= 4 is 30.8 Å². The lowest BCUT2D eigenvalue weighted by Crippen LogP contribution is -2.32. The molecule has 210 valence electrons. The Labute approximate surface area is 224 Å². The van der Waals surface area contributed by atoms with Crippen molar-refractivity contribution in [2.75, 3.05) is 18.5 Å². The van der Waals surface area contributed by atoms with E-state index in [0.717, 1.165) is 31.2 Å². The van der Waals surface area contributed by atoms with Crippen molar-refractivity contribution in [3.63, 3.8) is 0 Å². The summed E-state index contributed by atoms with van der Waals surface area (Å²) in [5.41, 5.74) is 1.46. The number of carbonyl (C=O) groups is 1. The van der Waals surface area contributed by atoms with Crippen LogP contribution in [0.3, 0.4) is 0 Å². The molecule has 0 radical (unpaired) electrons. The lowest BCUT2D eigenvalue weighted by atomic mass is 10.1. The number of urea groups is 1. The third-order valence-electron chi connectivity index (χ3n) is 6.50. The number of anilines is 1. The van der Waals surface area contributed by atoms with Crippen LogP contribution < -0.4 is 15.5 Å². The summed E-state index contributed by atoms with van der Waals surface area (Å²) in [5.74, 6) is 0.220. The van der Waals surface area contributed by atoms with E-state index in [1.165, 1.54) is 12.7 Å². The van der Waals surface area contributed by atoms with Crippen molar-refractivity contribution in [1.82, 2.24) is 24.8 Å². The summed E-state index contributed by atoms with van der Waals surface area (Å²) < 4.78 is 35.9. The maximum atomic E-state index is 12.4. The molecular formula is C24H30N6O8P-. The zero-order chi connectivity index (χ0) is 27.4. The normalized spacial score (nSPS) is 25.9. The monoisotopic (exact) mass is 561 g/mol. The van der Waals surface area contributed by atoms with Crippen LogP contribution in [-0.4, -0.2) is 61.9 Å². The number of ether oxygens (including phenoxy) is 3. The molecule has 3 aromatic rings. The number of benzene rings is 1. The predicted molar refractivity (Wildman–Crippen MR) is 135 cm³/mol. The number of unbranched alkanes of at least 4 members (excludes halogenated alkanes) is 3. The van der Waals surface area contributed by atoms with Gasteiger partial charge in [0.25, 0.3) is 7.82 Å². The lowest BCUT2D eigenvalue weighted by molar-refractivity contribution is -0.224. The minimum absolute atomic E-state index is 0.220. The van der Waals surface area contributed by atoms with E-state index in [4.69, 9.17) is 19.1 Å². The molecule has 0 aliphatic carbocycles. The zero-order valence-electron chi connectivity index (χ0n) is 21.2. The minimum atomic E-state index is -4.99. The molecule has 39 heavy (non-hydrogen) atoms. The molecule has 2 amide bonds. The van der Waals surface area contributed by atoms with Crippen LogP contribution in [0.15, 0.2) is 43.0 Å². The van der Waals surface area contributed by atoms with Gasteiger partial charge in [-0.1, -0.05) is 56.5 Å². The maximum Gasteiger partial charge on any atom is 0.320 e. The number of carbonyl (C=O) groups excluding carboxylic acids is 1. The van der Waals surface area contributed by atoms with Crippen molar-refractivity contribution in [3.8, 4) is 0 Å². The van der Waals surface area contributed by atoms with Gasteiger partial charge in [0.1, 0.15) is 24.6 Å². The second-order valence-corrected chi connectivity index (χ2v) is 10.5. The second kappa shape index (κ2) is 12.0. The first-order valence-electron chi connectivity index (χ1n) is 12.8. The molecule has 5 rings (SSSR count). The highest BCUT2D eigenvalue weighted by atomic mass is 31.2. The molecule has 0 bridgehead atoms. The quantitative estimate of drug-likeness (QED) is 0.231. The van der Waals surface area contributed by atoms with Crippen LogP contribution in [0.1, 0.15) is 50.7 Å². The number of fused-ring (bicyclic) bond motifs is 2. The van der Waals surface area contributed by atoms with E-state index < -0.39 is 51.3 Å². The standard InChI is InChI=1S/C24H31N6O8P/c1-2-3-4-8-11-25-24(31)29-20-17-21(27-13-26-20)30(14-28-17)22-19-18(16(36-22)12-35-39(32,33)34)37-23(38-19)15-9-6-5-7-10-15/h5-7,9-10,13-14,16,18-19,22-23H,2-4,8,11-12H2,1H3,(H2,32,33,34)(H2,25,26,27,29,31)/p-1/t16-,18?,19+,22-,23?/m1/s1. The molecule has 15 heteroatoms. The van der Waals surface area contributed by atoms with Gasteiger partial charge in [-0.2, -0.15) is 0 Å². The largest absolute Gasteiger partial charge is 0.756 e. The van der Waals surface area contributed by atoms with Gasteiger partial charge < -0.3 is 33.8 Å². The van der Waals surface area contributed by atoms with Gasteiger partial charge in [-0.05, 0) is 6.42 Å². The van der Waals surface area contributed by atoms with Crippen LogP contribution in [0.2, 0.25) is 0 Å². The fraction of sp³-hybridized carbons (Fsp3) is 0.500. The topological polar surface area (TPSA) is 182 Å². The van der Waals surface area contributed by atoms with Crippen molar-refractivity contribution in [1.29, 1.82) is 0 Å². The highest BCUT2D eigenvalue weighted by molar-refractivity contribution is 7.44. The van der Waals surface area contributed by atoms with Crippen LogP contribution in [0, 0.1) is 0 Å². The van der Waals surface area contributed by atoms with Crippen molar-refractivity contribution in [2.45, 2.75) is 63.4 Å². The Hall–Kier alpha value is -2.97. The number of imidazole rings is 1. The third-order valence-corrected chi connectivity index (χ3v) is 6.98. The number of nitrogens with one attached hydrogen (secondary N) is 2. The van der Waals surface area contributed by atoms with E-state index in [1.807, 2.05) is 30.3 Å². The number of aromatic nitrogens is 4. The Morgan fingerprint density at radius 2 is 1.92 bits per heavy atom. The van der Waals surface area contributed by atoms with E-state index >= 15 is 0 Å². The fourth-order valence-corrected chi connectivity index (χ4v) is 5.00. The summed E-state index contributed by atoms with van der Waals surface area (Å²) >= 11 is 0. The number of phosphoric ester groups is 1. The number of hydrogen-bond donors (Lipinski definition) is 3. The predicted octanol–water partition coefficient (Wildman–Crippen LogP) is 2.39. The molecule has 1 aromatic carbocycles. The Morgan fingerprint density at radius 1 is 1.13 bits per heavy atom. The number of hydrogen-bond acceptors (Lipinski definition) is 10. The van der Waals surface area contributed by atoms with E-state index in [9.17, 15) is 14.3 Å². The molecular weight excluding hydrogens is 531 g/mol. The van der Waals surface area contributed by atoms with Crippen LogP contribution in [0.5, 0.6) is 0 Å². The first-order valence-corrected chi connectivity index (χ1v) is 14.3. The van der Waals surface area contributed by atoms with Gasteiger partial charge in [-0.25, -0.2) is 19.7 Å². The molecule has 6 atom stereocenters. The number of nitrogens with zero attached hydrogens (tertiary/aromatic N) is 4. The van der Waals surface area contributed by atoms with Gasteiger partial charge in [0.2, 0.25) is 0 Å². The molecule has 3 unspecified atom stereocenters. The molecule has 14 nitrogen and oxygen atoms in total. The molecule has 0 saturated carbocycles. The van der Waals surface area contributed by atoms with Gasteiger partial charge in [0.05, 0.1) is 12.9 Å². The Kier molecular flexibility index (Phi) is 8.52. The summed E-state index contributed by atoms with van der Waals surface area (Å²) in [4.78, 5) is 45.7. The Bertz CT molecular complexity index is 1320.